The van der Waals surface area contributed by atoms with E-state index < -0.39 is 205 Å². The lowest BCUT2D eigenvalue weighted by Gasteiger charge is -2.30. The molecule has 1 aromatic rings. The Bertz CT molecular complexity index is 2650. The first-order valence-corrected chi connectivity index (χ1v) is 33.0. The van der Waals surface area contributed by atoms with Gasteiger partial charge in [-0.2, -0.15) is 0 Å². The minimum atomic E-state index is -2.49. The molecule has 25 heteroatoms. The van der Waals surface area contributed by atoms with Gasteiger partial charge in [-0.05, 0) is 88.0 Å². The van der Waals surface area contributed by atoms with Crippen LogP contribution >= 0.6 is 0 Å². The van der Waals surface area contributed by atoms with Crippen LogP contribution in [0.3, 0.4) is 0 Å². The number of cyclic esters (lactones) is 1. The van der Waals surface area contributed by atoms with Crippen molar-refractivity contribution in [2.24, 2.45) is 59.0 Å². The van der Waals surface area contributed by atoms with Crippen molar-refractivity contribution >= 4 is 70.5 Å². The zero-order valence-electron chi connectivity index (χ0n) is 55.5. The zero-order valence-corrected chi connectivity index (χ0v) is 55.5. The summed E-state index contributed by atoms with van der Waals surface area (Å²) >= 11 is 0. The number of aliphatic hydroxyl groups is 2. The summed E-state index contributed by atoms with van der Waals surface area (Å²) in [5, 5.41) is 37.3. The number of aliphatic hydroxyl groups excluding tert-OH is 2. The van der Waals surface area contributed by atoms with Gasteiger partial charge in [-0.1, -0.05) is 124 Å². The molecule has 0 radical (unpaired) electrons. The molecule has 1 aliphatic heterocycles. The van der Waals surface area contributed by atoms with E-state index in [1.165, 1.54) is 20.8 Å². The van der Waals surface area contributed by atoms with Gasteiger partial charge >= 0.3 is 5.97 Å². The molecule has 0 aromatic heterocycles. The van der Waals surface area contributed by atoms with Gasteiger partial charge in [0.05, 0.1) is 49.3 Å². The summed E-state index contributed by atoms with van der Waals surface area (Å²) in [6, 6.07) is 2.52. The summed E-state index contributed by atoms with van der Waals surface area (Å²) < 4.78 is 45.7. The highest BCUT2D eigenvalue weighted by Crippen LogP contribution is 2.48. The molecule has 1 saturated heterocycles. The number of nitrogens with one attached hydrogen (secondary N) is 6. The number of ketones is 4. The van der Waals surface area contributed by atoms with Gasteiger partial charge < -0.3 is 52.6 Å². The van der Waals surface area contributed by atoms with E-state index in [1.54, 1.807) is 34.6 Å². The number of alkyl halides is 3. The van der Waals surface area contributed by atoms with Crippen molar-refractivity contribution in [3.63, 3.8) is 0 Å². The van der Waals surface area contributed by atoms with E-state index in [4.69, 9.17) is 10.5 Å². The number of unbranched alkanes of at least 4 members (excludes halogenated alkanes) is 3. The van der Waals surface area contributed by atoms with Crippen molar-refractivity contribution in [3.05, 3.63) is 35.9 Å². The van der Waals surface area contributed by atoms with E-state index in [1.807, 2.05) is 44.2 Å². The van der Waals surface area contributed by atoms with E-state index in [2.05, 4.69) is 31.9 Å². The zero-order chi connectivity index (χ0) is 69.2. The third kappa shape index (κ3) is 24.7. The fourth-order valence-electron chi connectivity index (χ4n) is 11.7. The predicted octanol–water partition coefficient (Wildman–Crippen LogP) is 5.56. The average Bonchev–Trinajstić information content (AvgIpc) is 1.59. The van der Waals surface area contributed by atoms with Gasteiger partial charge in [0.25, 0.3) is 0 Å². The maximum atomic E-state index is 14.5. The molecule has 3 unspecified atom stereocenters. The number of ether oxygens (including phenoxy) is 1. The summed E-state index contributed by atoms with van der Waals surface area (Å²) in [4.78, 5) is 167. The van der Waals surface area contributed by atoms with E-state index in [0.29, 0.717) is 44.9 Å². The highest BCUT2D eigenvalue weighted by atomic mass is 19.3. The number of amides is 7. The van der Waals surface area contributed by atoms with Crippen LogP contribution in [0.25, 0.3) is 0 Å². The lowest BCUT2D eigenvalue weighted by Crippen LogP contribution is -2.56. The number of esters is 1. The number of halogens is 3. The average molecular weight is 1300 g/mol. The molecule has 3 rings (SSSR count). The molecular formula is C67H104F3N7O15. The van der Waals surface area contributed by atoms with Crippen LogP contribution in [0.4, 0.5) is 13.2 Å². The van der Waals surface area contributed by atoms with Gasteiger partial charge in [-0.3, -0.25) is 52.7 Å². The number of carbonyl (C=O) groups excluding carboxylic acids is 12. The van der Waals surface area contributed by atoms with Gasteiger partial charge in [0.15, 0.2) is 23.1 Å². The summed E-state index contributed by atoms with van der Waals surface area (Å²) in [6.45, 7) is 14.5. The van der Waals surface area contributed by atoms with Crippen LogP contribution in [0.1, 0.15) is 190 Å². The Balaban J connectivity index is 1.86. The number of primary amides is 1. The number of rotatable bonds is 40. The molecule has 1 aromatic carbocycles. The second-order valence-electron chi connectivity index (χ2n) is 25.9. The monoisotopic (exact) mass is 1300 g/mol. The second kappa shape index (κ2) is 39.2. The van der Waals surface area contributed by atoms with Gasteiger partial charge in [-0.25, -0.2) is 18.0 Å². The van der Waals surface area contributed by atoms with Crippen LogP contribution in [0.5, 0.6) is 0 Å². The second-order valence-corrected chi connectivity index (χ2v) is 25.9. The van der Waals surface area contributed by atoms with E-state index in [9.17, 15) is 80.9 Å². The Morgan fingerprint density at radius 3 is 1.77 bits per heavy atom. The van der Waals surface area contributed by atoms with E-state index in [0.717, 1.165) is 5.56 Å². The molecule has 2 fully saturated rings. The first kappa shape index (κ1) is 79.6. The van der Waals surface area contributed by atoms with Crippen molar-refractivity contribution < 1.29 is 85.7 Å². The lowest BCUT2D eigenvalue weighted by atomic mass is 9.83. The Hall–Kier alpha value is -6.63. The molecule has 10 N–H and O–H groups in total. The molecule has 1 aliphatic carbocycles. The summed E-state index contributed by atoms with van der Waals surface area (Å²) in [7, 11) is 0. The molecule has 22 nitrogen and oxygen atoms in total. The Kier molecular flexibility index (Phi) is 33.9. The van der Waals surface area contributed by atoms with Gasteiger partial charge in [0.1, 0.15) is 23.7 Å². The quantitative estimate of drug-likeness (QED) is 0.0287. The van der Waals surface area contributed by atoms with Crippen LogP contribution < -0.4 is 37.6 Å². The molecule has 0 bridgehead atoms. The molecule has 2 aliphatic rings. The first-order valence-electron chi connectivity index (χ1n) is 33.0. The maximum Gasteiger partial charge on any atom is 0.328 e. The number of hydrogen-bond donors (Lipinski definition) is 9. The minimum absolute atomic E-state index is 0.0344. The highest BCUT2D eigenvalue weighted by Gasteiger charge is 2.62. The fraction of sp³-hybridized carbons (Fsp3) is 0.731. The summed E-state index contributed by atoms with van der Waals surface area (Å²) in [5.74, 6) is -17.1. The molecule has 7 amide bonds. The third-order valence-electron chi connectivity index (χ3n) is 18.5. The van der Waals surface area contributed by atoms with Crippen molar-refractivity contribution in [1.82, 2.24) is 31.9 Å². The van der Waals surface area contributed by atoms with E-state index in [-0.39, 0.29) is 63.2 Å². The molecule has 1 spiro atoms. The van der Waals surface area contributed by atoms with Crippen molar-refractivity contribution in [2.75, 3.05) is 13.2 Å². The first-order chi connectivity index (χ1) is 43.4. The summed E-state index contributed by atoms with van der Waals surface area (Å²) in [6.07, 6.45) is -5.53. The van der Waals surface area contributed by atoms with E-state index >= 15 is 0 Å². The Morgan fingerprint density at radius 2 is 1.24 bits per heavy atom. The minimum Gasteiger partial charge on any atom is -0.458 e. The largest absolute Gasteiger partial charge is 0.458 e. The van der Waals surface area contributed by atoms with Crippen molar-refractivity contribution in [2.45, 2.75) is 246 Å². The molecule has 518 valence electrons. The van der Waals surface area contributed by atoms with Gasteiger partial charge in [0, 0.05) is 56.3 Å². The Labute approximate surface area is 539 Å². The van der Waals surface area contributed by atoms with Crippen molar-refractivity contribution in [3.8, 4) is 0 Å². The molecule has 1 heterocycles. The third-order valence-corrected chi connectivity index (χ3v) is 18.5. The smallest absolute Gasteiger partial charge is 0.328 e. The van der Waals surface area contributed by atoms with Crippen LogP contribution in [0, 0.1) is 53.3 Å². The normalized spacial score (nSPS) is 23.1. The highest BCUT2D eigenvalue weighted by molar-refractivity contribution is 6.01. The summed E-state index contributed by atoms with van der Waals surface area (Å²) in [5.41, 5.74) is 4.81. The molecule has 92 heavy (non-hydrogen) atoms. The lowest BCUT2D eigenvalue weighted by molar-refractivity contribution is -0.156. The standard InChI is InChI=1S/C67H104F3N7O15/c1-11-37(5)48(33-51(80)49(26-27-56(71)84)72-62(87)45(35-78)31-53(82)57(38(6)12-2)74-61(86)44(14-4)30-43-22-18-17-19-23-43)64(89)75-58(39(7)13-3)54(83)32-46(36-79)63(88)76-59-42(10)92-65(90)50(24-20-15-16-21-25-55(69)70)73-66(91)67(34-47(67)29-41(9)68)77-60(85)40(8)28-52(59)81/h17-19,22-23,37-42,44-50,55,57-59,78-79H,11-16,20-21,24-36H2,1-10H3,(H2,71,84)(H,72,87)(H,73,91)(H,74,86)(H,75,89)(H,76,88)(H,77,85)/t37-,38-,39-,40+,41?,42-,44+,45-,46-,47?,48+,49+,50-,57-,58-,59+,67?/m0/s1. The predicted molar refractivity (Wildman–Crippen MR) is 336 cm³/mol. The number of Topliss-reactive ketones (excluding diaryl/α,β-unsaturated/α-hetero) is 4. The number of hydrogen-bond acceptors (Lipinski definition) is 15. The number of carbonyl (C=O) groups is 12. The Morgan fingerprint density at radius 1 is 0.685 bits per heavy atom. The van der Waals surface area contributed by atoms with Crippen molar-refractivity contribution in [1.29, 1.82) is 0 Å². The number of benzene rings is 1. The molecule has 17 atom stereocenters. The maximum absolute atomic E-state index is 14.5. The van der Waals surface area contributed by atoms with Crippen LogP contribution in [-0.2, 0) is 68.7 Å². The van der Waals surface area contributed by atoms with Gasteiger partial charge in [0.2, 0.25) is 47.8 Å². The molecule has 1 saturated carbocycles. The SMILES string of the molecule is CC[C@H](Cc1ccccc1)C(=O)N[C@H](C(=O)C[C@@H](CO)C(=O)N[C@H](CCC(N)=O)C(=O)C[C@@H](C(=O)N[C@H](C(=O)C[C@@H](CO)C(=O)N[C@H]1C(=O)C[C@@H](C)C(=O)NC2(CC2CC(C)F)C(=O)N[C@@H](CCCCCCC(F)F)C(=O)O[C@H]1C)[C@@H](C)CC)[C@@H](C)CC)[C@@H](C)CC. The number of nitrogens with two attached hydrogens (primary N) is 1. The van der Waals surface area contributed by atoms with Crippen LogP contribution in [0.15, 0.2) is 30.3 Å². The van der Waals surface area contributed by atoms with Gasteiger partial charge in [-0.15, -0.1) is 0 Å². The van der Waals surface area contributed by atoms with Crippen LogP contribution in [0.2, 0.25) is 0 Å². The molecular weight excluding hydrogens is 1200 g/mol. The fourth-order valence-corrected chi connectivity index (χ4v) is 11.7. The topological polar surface area (TPSA) is 353 Å². The van der Waals surface area contributed by atoms with Crippen LogP contribution in [-0.4, -0.2) is 148 Å².